The van der Waals surface area contributed by atoms with Crippen molar-refractivity contribution < 1.29 is 9.53 Å². The van der Waals surface area contributed by atoms with Gasteiger partial charge < -0.3 is 9.53 Å². The maximum atomic E-state index is 10.4. The van der Waals surface area contributed by atoms with Crippen molar-refractivity contribution in [1.29, 1.82) is 0 Å². The maximum Gasteiger partial charge on any atom is 0.191 e. The zero-order chi connectivity index (χ0) is 19.8. The SMILES string of the molecule is C=C/C(C)=C/C(C)=C\[C@H](C)[C@H](O)/C=C(\C)CCO[Si](C)(C)C(C)(C)C. The second-order valence-corrected chi connectivity index (χ2v) is 13.5. The van der Waals surface area contributed by atoms with Gasteiger partial charge in [-0.2, -0.15) is 0 Å². The van der Waals surface area contributed by atoms with Gasteiger partial charge >= 0.3 is 0 Å². The predicted octanol–water partition coefficient (Wildman–Crippen LogP) is 6.42. The van der Waals surface area contributed by atoms with Crippen LogP contribution in [0, 0.1) is 5.92 Å². The zero-order valence-corrected chi connectivity index (χ0v) is 18.9. The average Bonchev–Trinajstić information content (AvgIpc) is 2.45. The number of hydrogen-bond donors (Lipinski definition) is 1. The summed E-state index contributed by atoms with van der Waals surface area (Å²) in [6, 6.07) is 0. The molecule has 0 aromatic carbocycles. The minimum Gasteiger partial charge on any atom is -0.417 e. The highest BCUT2D eigenvalue weighted by Crippen LogP contribution is 2.36. The smallest absolute Gasteiger partial charge is 0.191 e. The van der Waals surface area contributed by atoms with Crippen LogP contribution in [-0.4, -0.2) is 26.1 Å². The fourth-order valence-electron chi connectivity index (χ4n) is 2.19. The van der Waals surface area contributed by atoms with E-state index in [1.807, 2.05) is 26.0 Å². The van der Waals surface area contributed by atoms with Crippen molar-refractivity contribution in [2.24, 2.45) is 5.92 Å². The molecule has 0 radical (unpaired) electrons. The second-order valence-electron chi connectivity index (χ2n) is 8.72. The van der Waals surface area contributed by atoms with E-state index in [4.69, 9.17) is 4.43 Å². The quantitative estimate of drug-likeness (QED) is 0.290. The second kappa shape index (κ2) is 10.3. The summed E-state index contributed by atoms with van der Waals surface area (Å²) in [5.74, 6) is 0.0742. The molecule has 0 aromatic heterocycles. The Morgan fingerprint density at radius 2 is 1.68 bits per heavy atom. The molecule has 0 aliphatic carbocycles. The van der Waals surface area contributed by atoms with E-state index < -0.39 is 14.4 Å². The van der Waals surface area contributed by atoms with Crippen LogP contribution in [0.2, 0.25) is 18.1 Å². The number of allylic oxidation sites excluding steroid dienone is 4. The van der Waals surface area contributed by atoms with Gasteiger partial charge in [0.05, 0.1) is 6.10 Å². The summed E-state index contributed by atoms with van der Waals surface area (Å²) >= 11 is 0. The Morgan fingerprint density at radius 3 is 2.16 bits per heavy atom. The number of aliphatic hydroxyl groups is 1. The third kappa shape index (κ3) is 9.38. The highest BCUT2D eigenvalue weighted by molar-refractivity contribution is 6.74. The first-order valence-corrected chi connectivity index (χ1v) is 12.2. The molecule has 0 amide bonds. The van der Waals surface area contributed by atoms with Crippen LogP contribution < -0.4 is 0 Å². The number of hydrogen-bond acceptors (Lipinski definition) is 2. The van der Waals surface area contributed by atoms with Crippen molar-refractivity contribution in [3.63, 3.8) is 0 Å². The molecule has 0 aromatic rings. The van der Waals surface area contributed by atoms with Crippen molar-refractivity contribution in [3.05, 3.63) is 47.6 Å². The molecule has 0 aliphatic heterocycles. The highest BCUT2D eigenvalue weighted by atomic mass is 28.4. The van der Waals surface area contributed by atoms with Gasteiger partial charge in [0, 0.05) is 12.5 Å². The van der Waals surface area contributed by atoms with Crippen LogP contribution in [0.4, 0.5) is 0 Å². The van der Waals surface area contributed by atoms with Crippen molar-refractivity contribution in [3.8, 4) is 0 Å². The minimum atomic E-state index is -1.69. The minimum absolute atomic E-state index is 0.0742. The fourth-order valence-corrected chi connectivity index (χ4v) is 3.24. The predicted molar refractivity (Wildman–Crippen MR) is 114 cm³/mol. The zero-order valence-electron chi connectivity index (χ0n) is 17.9. The normalized spacial score (nSPS) is 17.4. The lowest BCUT2D eigenvalue weighted by molar-refractivity contribution is 0.183. The van der Waals surface area contributed by atoms with Gasteiger partial charge in [-0.05, 0) is 45.3 Å². The Morgan fingerprint density at radius 1 is 1.12 bits per heavy atom. The van der Waals surface area contributed by atoms with Crippen LogP contribution in [0.1, 0.15) is 54.9 Å². The number of aliphatic hydroxyl groups excluding tert-OH is 1. The lowest BCUT2D eigenvalue weighted by atomic mass is 9.98. The van der Waals surface area contributed by atoms with Crippen molar-refractivity contribution in [1.82, 2.24) is 0 Å². The molecule has 0 saturated heterocycles. The first-order chi connectivity index (χ1) is 11.3. The molecule has 144 valence electrons. The molecule has 1 N–H and O–H groups in total. The highest BCUT2D eigenvalue weighted by Gasteiger charge is 2.36. The van der Waals surface area contributed by atoms with E-state index in [1.165, 1.54) is 5.57 Å². The summed E-state index contributed by atoms with van der Waals surface area (Å²) < 4.78 is 6.21. The Kier molecular flexibility index (Phi) is 9.92. The molecule has 25 heavy (non-hydrogen) atoms. The monoisotopic (exact) mass is 364 g/mol. The number of rotatable bonds is 9. The molecule has 0 rings (SSSR count). The Hall–Kier alpha value is -0.903. The van der Waals surface area contributed by atoms with E-state index in [-0.39, 0.29) is 11.0 Å². The first kappa shape index (κ1) is 24.1. The molecular formula is C22H40O2Si. The van der Waals surface area contributed by atoms with E-state index >= 15 is 0 Å². The van der Waals surface area contributed by atoms with Crippen LogP contribution in [0.5, 0.6) is 0 Å². The summed E-state index contributed by atoms with van der Waals surface area (Å²) in [6.07, 6.45) is 8.39. The van der Waals surface area contributed by atoms with Gasteiger partial charge in [-0.25, -0.2) is 0 Å². The van der Waals surface area contributed by atoms with Crippen molar-refractivity contribution >= 4 is 8.32 Å². The molecule has 2 nitrogen and oxygen atoms in total. The molecule has 0 saturated carbocycles. The summed E-state index contributed by atoms with van der Waals surface area (Å²) in [4.78, 5) is 0. The standard InChI is InChI=1S/C22H40O2Si/c1-11-17(2)14-19(4)15-20(5)21(23)16-18(3)12-13-24-25(9,10)22(6,7)8/h11,14-16,20-21,23H,1,12-13H2,2-10H3/b17-14+,18-16+,19-15-/t20-,21+/m0/s1. The van der Waals surface area contributed by atoms with Gasteiger partial charge in [0.2, 0.25) is 0 Å². The molecule has 3 heteroatoms. The van der Waals surface area contributed by atoms with E-state index in [0.717, 1.165) is 24.2 Å². The van der Waals surface area contributed by atoms with Gasteiger partial charge in [0.15, 0.2) is 8.32 Å². The summed E-state index contributed by atoms with van der Waals surface area (Å²) in [5.41, 5.74) is 3.46. The van der Waals surface area contributed by atoms with Gasteiger partial charge in [0.25, 0.3) is 0 Å². The van der Waals surface area contributed by atoms with Gasteiger partial charge in [0.1, 0.15) is 0 Å². The van der Waals surface area contributed by atoms with Crippen molar-refractivity contribution in [2.45, 2.75) is 79.1 Å². The van der Waals surface area contributed by atoms with Crippen LogP contribution in [-0.2, 0) is 4.43 Å². The molecule has 0 aliphatic rings. The summed E-state index contributed by atoms with van der Waals surface area (Å²) in [6.45, 7) is 24.0. The maximum absolute atomic E-state index is 10.4. The summed E-state index contributed by atoms with van der Waals surface area (Å²) in [5, 5.41) is 10.7. The molecule has 0 heterocycles. The van der Waals surface area contributed by atoms with E-state index in [1.54, 1.807) is 0 Å². The topological polar surface area (TPSA) is 29.5 Å². The molecule has 0 unspecified atom stereocenters. The van der Waals surface area contributed by atoms with E-state index in [9.17, 15) is 5.11 Å². The molecule has 0 bridgehead atoms. The van der Waals surface area contributed by atoms with Crippen LogP contribution in [0.25, 0.3) is 0 Å². The lowest BCUT2D eigenvalue weighted by Gasteiger charge is -2.36. The fraction of sp³-hybridized carbons (Fsp3) is 0.636. The van der Waals surface area contributed by atoms with Gasteiger partial charge in [-0.15, -0.1) is 0 Å². The molecule has 2 atom stereocenters. The Bertz CT molecular complexity index is 519. The summed E-state index contributed by atoms with van der Waals surface area (Å²) in [7, 11) is -1.69. The van der Waals surface area contributed by atoms with Gasteiger partial charge in [-0.3, -0.25) is 0 Å². The molecule has 0 spiro atoms. The Labute approximate surface area is 157 Å². The van der Waals surface area contributed by atoms with Crippen molar-refractivity contribution in [2.75, 3.05) is 6.61 Å². The van der Waals surface area contributed by atoms with Crippen LogP contribution >= 0.6 is 0 Å². The largest absolute Gasteiger partial charge is 0.417 e. The van der Waals surface area contributed by atoms with E-state index in [2.05, 4.69) is 66.4 Å². The third-order valence-corrected chi connectivity index (χ3v) is 9.60. The van der Waals surface area contributed by atoms with Crippen LogP contribution in [0.15, 0.2) is 47.6 Å². The Balaban J connectivity index is 4.68. The van der Waals surface area contributed by atoms with Gasteiger partial charge in [-0.1, -0.05) is 75.3 Å². The molecule has 0 fully saturated rings. The van der Waals surface area contributed by atoms with Crippen LogP contribution in [0.3, 0.4) is 0 Å². The average molecular weight is 365 g/mol. The third-order valence-electron chi connectivity index (χ3n) is 5.06. The van der Waals surface area contributed by atoms with E-state index in [0.29, 0.717) is 0 Å². The first-order valence-electron chi connectivity index (χ1n) is 9.28. The molecular weight excluding hydrogens is 324 g/mol. The lowest BCUT2D eigenvalue weighted by Crippen LogP contribution is -2.41.